The first kappa shape index (κ1) is 9.97. The van der Waals surface area contributed by atoms with Crippen LogP contribution in [0.25, 0.3) is 0 Å². The van der Waals surface area contributed by atoms with Gasteiger partial charge in [0.1, 0.15) is 0 Å². The summed E-state index contributed by atoms with van der Waals surface area (Å²) >= 11 is 0. The second-order valence-electron chi connectivity index (χ2n) is 4.79. The van der Waals surface area contributed by atoms with E-state index in [0.717, 1.165) is 18.9 Å². The highest BCUT2D eigenvalue weighted by molar-refractivity contribution is 5.66. The molecule has 1 saturated carbocycles. The first-order valence-corrected chi connectivity index (χ1v) is 5.68. The predicted octanol–water partition coefficient (Wildman–Crippen LogP) is 1.58. The molecule has 1 aliphatic carbocycles. The van der Waals surface area contributed by atoms with Gasteiger partial charge in [-0.05, 0) is 44.1 Å². The number of hydrogen-bond acceptors (Lipinski definition) is 2. The van der Waals surface area contributed by atoms with Crippen molar-refractivity contribution in [3.8, 4) is 0 Å². The van der Waals surface area contributed by atoms with Crippen molar-refractivity contribution in [2.24, 2.45) is 11.8 Å². The summed E-state index contributed by atoms with van der Waals surface area (Å²) in [5.41, 5.74) is 0. The molecule has 0 spiro atoms. The van der Waals surface area contributed by atoms with Crippen LogP contribution in [0, 0.1) is 11.8 Å². The van der Waals surface area contributed by atoms with Gasteiger partial charge in [-0.2, -0.15) is 0 Å². The Morgan fingerprint density at radius 3 is 2.71 bits per heavy atom. The van der Waals surface area contributed by atoms with E-state index in [9.17, 15) is 4.79 Å². The maximum atomic E-state index is 10.4. The molecule has 0 radical (unpaired) electrons. The Morgan fingerprint density at radius 1 is 1.29 bits per heavy atom. The van der Waals surface area contributed by atoms with E-state index in [1.54, 1.807) is 0 Å². The molecule has 0 aromatic heterocycles. The average molecular weight is 197 g/mol. The largest absolute Gasteiger partial charge is 0.481 e. The van der Waals surface area contributed by atoms with E-state index in [2.05, 4.69) is 4.90 Å². The van der Waals surface area contributed by atoms with Crippen LogP contribution in [0.5, 0.6) is 0 Å². The molecule has 2 rings (SSSR count). The zero-order valence-electron chi connectivity index (χ0n) is 8.61. The zero-order valence-corrected chi connectivity index (χ0v) is 8.61. The summed E-state index contributed by atoms with van der Waals surface area (Å²) in [6.07, 6.45) is 5.25. The Hall–Kier alpha value is -0.570. The fourth-order valence-electron chi connectivity index (χ4n) is 2.31. The maximum absolute atomic E-state index is 10.4. The Labute approximate surface area is 85.1 Å². The summed E-state index contributed by atoms with van der Waals surface area (Å²) in [4.78, 5) is 12.9. The van der Waals surface area contributed by atoms with Gasteiger partial charge in [-0.15, -0.1) is 0 Å². The topological polar surface area (TPSA) is 40.5 Å². The van der Waals surface area contributed by atoms with Crippen LogP contribution in [0.2, 0.25) is 0 Å². The summed E-state index contributed by atoms with van der Waals surface area (Å²) < 4.78 is 0. The van der Waals surface area contributed by atoms with E-state index in [-0.39, 0.29) is 0 Å². The molecule has 1 unspecified atom stereocenters. The predicted molar refractivity (Wildman–Crippen MR) is 54.1 cm³/mol. The van der Waals surface area contributed by atoms with Gasteiger partial charge < -0.3 is 10.0 Å². The number of carbonyl (C=O) groups is 1. The highest BCUT2D eigenvalue weighted by Gasteiger charge is 2.29. The highest BCUT2D eigenvalue weighted by Crippen LogP contribution is 2.32. The van der Waals surface area contributed by atoms with Gasteiger partial charge in [-0.3, -0.25) is 4.79 Å². The molecule has 0 aromatic carbocycles. The van der Waals surface area contributed by atoms with Crippen molar-refractivity contribution < 1.29 is 9.90 Å². The molecule has 0 aromatic rings. The summed E-state index contributed by atoms with van der Waals surface area (Å²) in [5, 5.41) is 8.58. The lowest BCUT2D eigenvalue weighted by atomic mass is 10.0. The molecule has 3 heteroatoms. The van der Waals surface area contributed by atoms with E-state index in [1.807, 2.05) is 0 Å². The lowest BCUT2D eigenvalue weighted by Crippen LogP contribution is -2.23. The monoisotopic (exact) mass is 197 g/mol. The van der Waals surface area contributed by atoms with E-state index >= 15 is 0 Å². The number of carboxylic acids is 1. The molecule has 1 aliphatic heterocycles. The third-order valence-electron chi connectivity index (χ3n) is 3.35. The molecule has 3 nitrogen and oxygen atoms in total. The third-order valence-corrected chi connectivity index (χ3v) is 3.35. The van der Waals surface area contributed by atoms with Gasteiger partial charge in [-0.25, -0.2) is 0 Å². The average Bonchev–Trinajstić information content (AvgIpc) is 2.81. The Morgan fingerprint density at radius 2 is 2.07 bits per heavy atom. The van der Waals surface area contributed by atoms with Gasteiger partial charge in [0, 0.05) is 19.5 Å². The molecule has 1 atom stereocenters. The number of rotatable bonds is 5. The van der Waals surface area contributed by atoms with Crippen LogP contribution >= 0.6 is 0 Å². The van der Waals surface area contributed by atoms with Gasteiger partial charge in [0.15, 0.2) is 0 Å². The summed E-state index contributed by atoms with van der Waals surface area (Å²) in [6.45, 7) is 3.61. The standard InChI is InChI=1S/C11H19NO2/c13-11(14)4-3-10-5-6-12(8-10)7-9-1-2-9/h9-10H,1-8H2,(H,13,14). The van der Waals surface area contributed by atoms with Gasteiger partial charge in [0.2, 0.25) is 0 Å². The minimum Gasteiger partial charge on any atom is -0.481 e. The van der Waals surface area contributed by atoms with Crippen LogP contribution in [0.4, 0.5) is 0 Å². The number of likely N-dealkylation sites (tertiary alicyclic amines) is 1. The molecular weight excluding hydrogens is 178 g/mol. The minimum absolute atomic E-state index is 0.349. The summed E-state index contributed by atoms with van der Waals surface area (Å²) in [7, 11) is 0. The Balaban J connectivity index is 1.63. The number of nitrogens with zero attached hydrogens (tertiary/aromatic N) is 1. The van der Waals surface area contributed by atoms with Crippen molar-refractivity contribution in [2.75, 3.05) is 19.6 Å². The van der Waals surface area contributed by atoms with Crippen LogP contribution in [0.15, 0.2) is 0 Å². The van der Waals surface area contributed by atoms with Crippen molar-refractivity contribution in [1.82, 2.24) is 4.90 Å². The summed E-state index contributed by atoms with van der Waals surface area (Å²) in [6, 6.07) is 0. The van der Waals surface area contributed by atoms with Gasteiger partial charge in [-0.1, -0.05) is 0 Å². The molecular formula is C11H19NO2. The summed E-state index contributed by atoms with van der Waals surface area (Å²) in [5.74, 6) is 0.962. The fraction of sp³-hybridized carbons (Fsp3) is 0.909. The molecule has 1 saturated heterocycles. The lowest BCUT2D eigenvalue weighted by Gasteiger charge is -2.14. The number of hydrogen-bond donors (Lipinski definition) is 1. The van der Waals surface area contributed by atoms with Crippen LogP contribution in [0.3, 0.4) is 0 Å². The smallest absolute Gasteiger partial charge is 0.303 e. The van der Waals surface area contributed by atoms with Crippen LogP contribution in [-0.2, 0) is 4.79 Å². The van der Waals surface area contributed by atoms with Crippen LogP contribution in [0.1, 0.15) is 32.1 Å². The SMILES string of the molecule is O=C(O)CCC1CCN(CC2CC2)C1. The van der Waals surface area contributed by atoms with Gasteiger partial charge >= 0.3 is 5.97 Å². The lowest BCUT2D eigenvalue weighted by molar-refractivity contribution is -0.137. The minimum atomic E-state index is -0.648. The normalized spacial score (nSPS) is 28.1. The fourth-order valence-corrected chi connectivity index (χ4v) is 2.31. The van der Waals surface area contributed by atoms with E-state index in [4.69, 9.17) is 5.11 Å². The Bertz CT molecular complexity index is 213. The molecule has 0 bridgehead atoms. The maximum Gasteiger partial charge on any atom is 0.303 e. The van der Waals surface area contributed by atoms with Crippen molar-refractivity contribution in [3.05, 3.63) is 0 Å². The van der Waals surface area contributed by atoms with Crippen molar-refractivity contribution >= 4 is 5.97 Å². The Kier molecular flexibility index (Phi) is 3.06. The number of aliphatic carboxylic acids is 1. The van der Waals surface area contributed by atoms with Crippen molar-refractivity contribution in [2.45, 2.75) is 32.1 Å². The second kappa shape index (κ2) is 4.30. The van der Waals surface area contributed by atoms with E-state index in [0.29, 0.717) is 12.3 Å². The molecule has 80 valence electrons. The molecule has 14 heavy (non-hydrogen) atoms. The van der Waals surface area contributed by atoms with Crippen LogP contribution in [-0.4, -0.2) is 35.6 Å². The molecule has 2 aliphatic rings. The second-order valence-corrected chi connectivity index (χ2v) is 4.79. The molecule has 1 heterocycles. The highest BCUT2D eigenvalue weighted by atomic mass is 16.4. The van der Waals surface area contributed by atoms with Gasteiger partial charge in [0.25, 0.3) is 0 Å². The number of carboxylic acid groups (broad SMARTS) is 1. The van der Waals surface area contributed by atoms with Crippen molar-refractivity contribution in [3.63, 3.8) is 0 Å². The van der Waals surface area contributed by atoms with Gasteiger partial charge in [0.05, 0.1) is 0 Å². The molecule has 1 N–H and O–H groups in total. The molecule has 2 fully saturated rings. The zero-order chi connectivity index (χ0) is 9.97. The quantitative estimate of drug-likeness (QED) is 0.727. The first-order valence-electron chi connectivity index (χ1n) is 5.68. The molecule has 0 amide bonds. The van der Waals surface area contributed by atoms with Crippen LogP contribution < -0.4 is 0 Å². The van der Waals surface area contributed by atoms with E-state index in [1.165, 1.54) is 32.4 Å². The third kappa shape index (κ3) is 2.98. The van der Waals surface area contributed by atoms with E-state index < -0.39 is 5.97 Å². The van der Waals surface area contributed by atoms with Crippen molar-refractivity contribution in [1.29, 1.82) is 0 Å². The first-order chi connectivity index (χ1) is 6.74.